The van der Waals surface area contributed by atoms with Gasteiger partial charge in [-0.05, 0) is 31.5 Å². The molecule has 0 bridgehead atoms. The summed E-state index contributed by atoms with van der Waals surface area (Å²) >= 11 is 6.20. The molecule has 1 unspecified atom stereocenters. The molecule has 0 aliphatic carbocycles. The predicted molar refractivity (Wildman–Crippen MR) is 108 cm³/mol. The minimum Gasteiger partial charge on any atom is -0.356 e. The van der Waals surface area contributed by atoms with E-state index >= 15 is 0 Å². The second-order valence-electron chi connectivity index (χ2n) is 6.54. The molecule has 140 valence electrons. The third-order valence-electron chi connectivity index (χ3n) is 4.91. The highest BCUT2D eigenvalue weighted by Gasteiger charge is 2.20. The van der Waals surface area contributed by atoms with Crippen LogP contribution in [-0.2, 0) is 6.42 Å². The van der Waals surface area contributed by atoms with E-state index in [1.807, 2.05) is 25.2 Å². The van der Waals surface area contributed by atoms with Crippen LogP contribution in [0.3, 0.4) is 0 Å². The average molecular weight is 366 g/mol. The standard InChI is InChI=1S/C19H32ClN5/c1-4-24-11-13-25(14-12-24)16(2)15-23-19(21-3)22-10-9-17-7-5-6-8-18(17)20/h5-8,16H,4,9-15H2,1-3H3,(H2,21,22,23). The molecule has 1 atom stereocenters. The quantitative estimate of drug-likeness (QED) is 0.573. The van der Waals surface area contributed by atoms with Gasteiger partial charge in [-0.25, -0.2) is 0 Å². The molecule has 1 heterocycles. The van der Waals surface area contributed by atoms with E-state index in [0.717, 1.165) is 55.7 Å². The van der Waals surface area contributed by atoms with Gasteiger partial charge in [0.25, 0.3) is 0 Å². The highest BCUT2D eigenvalue weighted by Crippen LogP contribution is 2.14. The van der Waals surface area contributed by atoms with Crippen LogP contribution in [0.15, 0.2) is 29.3 Å². The Morgan fingerprint density at radius 2 is 1.92 bits per heavy atom. The number of benzene rings is 1. The first-order valence-corrected chi connectivity index (χ1v) is 9.66. The summed E-state index contributed by atoms with van der Waals surface area (Å²) in [6.45, 7) is 12.0. The number of nitrogens with one attached hydrogen (secondary N) is 2. The molecule has 1 fully saturated rings. The lowest BCUT2D eigenvalue weighted by molar-refractivity contribution is 0.107. The van der Waals surface area contributed by atoms with E-state index in [0.29, 0.717) is 6.04 Å². The molecule has 2 N–H and O–H groups in total. The topological polar surface area (TPSA) is 42.9 Å². The van der Waals surface area contributed by atoms with Crippen LogP contribution in [-0.4, -0.2) is 74.7 Å². The molecule has 0 aromatic heterocycles. The van der Waals surface area contributed by atoms with Gasteiger partial charge in [0.15, 0.2) is 5.96 Å². The Labute approximate surface area is 157 Å². The summed E-state index contributed by atoms with van der Waals surface area (Å²) in [6.07, 6.45) is 0.884. The number of rotatable bonds is 7. The van der Waals surface area contributed by atoms with Gasteiger partial charge in [-0.1, -0.05) is 36.7 Å². The Morgan fingerprint density at radius 3 is 2.56 bits per heavy atom. The van der Waals surface area contributed by atoms with E-state index in [2.05, 4.69) is 45.3 Å². The number of nitrogens with zero attached hydrogens (tertiary/aromatic N) is 3. The molecule has 0 radical (unpaired) electrons. The second kappa shape index (κ2) is 10.6. The Hall–Kier alpha value is -1.30. The lowest BCUT2D eigenvalue weighted by Crippen LogP contribution is -2.53. The van der Waals surface area contributed by atoms with Crippen molar-refractivity contribution in [1.82, 2.24) is 20.4 Å². The van der Waals surface area contributed by atoms with Crippen LogP contribution in [0, 0.1) is 0 Å². The molecular formula is C19H32ClN5. The monoisotopic (exact) mass is 365 g/mol. The normalized spacial score (nSPS) is 18.2. The van der Waals surface area contributed by atoms with Crippen LogP contribution < -0.4 is 10.6 Å². The fourth-order valence-corrected chi connectivity index (χ4v) is 3.36. The molecule has 1 aliphatic rings. The van der Waals surface area contributed by atoms with E-state index in [-0.39, 0.29) is 0 Å². The number of guanidine groups is 1. The number of hydrogen-bond donors (Lipinski definition) is 2. The zero-order chi connectivity index (χ0) is 18.1. The fourth-order valence-electron chi connectivity index (χ4n) is 3.13. The van der Waals surface area contributed by atoms with Crippen LogP contribution in [0.25, 0.3) is 0 Å². The van der Waals surface area contributed by atoms with Gasteiger partial charge in [-0.15, -0.1) is 0 Å². The molecule has 25 heavy (non-hydrogen) atoms. The van der Waals surface area contributed by atoms with E-state index < -0.39 is 0 Å². The molecule has 1 aromatic rings. The number of likely N-dealkylation sites (N-methyl/N-ethyl adjacent to an activating group) is 1. The molecule has 0 spiro atoms. The number of aliphatic imine (C=N–C) groups is 1. The average Bonchev–Trinajstić information content (AvgIpc) is 2.65. The van der Waals surface area contributed by atoms with E-state index in [4.69, 9.17) is 11.6 Å². The zero-order valence-electron chi connectivity index (χ0n) is 15.8. The zero-order valence-corrected chi connectivity index (χ0v) is 16.5. The number of piperazine rings is 1. The highest BCUT2D eigenvalue weighted by atomic mass is 35.5. The van der Waals surface area contributed by atoms with Crippen molar-refractivity contribution in [3.05, 3.63) is 34.9 Å². The van der Waals surface area contributed by atoms with Crippen LogP contribution >= 0.6 is 11.6 Å². The smallest absolute Gasteiger partial charge is 0.191 e. The van der Waals surface area contributed by atoms with Crippen molar-refractivity contribution in [2.45, 2.75) is 26.3 Å². The lowest BCUT2D eigenvalue weighted by Gasteiger charge is -2.37. The van der Waals surface area contributed by atoms with Gasteiger partial charge < -0.3 is 15.5 Å². The van der Waals surface area contributed by atoms with Crippen molar-refractivity contribution in [3.63, 3.8) is 0 Å². The molecular weight excluding hydrogens is 334 g/mol. The summed E-state index contributed by atoms with van der Waals surface area (Å²) in [4.78, 5) is 9.38. The summed E-state index contributed by atoms with van der Waals surface area (Å²) in [5.41, 5.74) is 1.16. The van der Waals surface area contributed by atoms with E-state index in [1.165, 1.54) is 13.1 Å². The number of hydrogen-bond acceptors (Lipinski definition) is 3. The minimum absolute atomic E-state index is 0.501. The third-order valence-corrected chi connectivity index (χ3v) is 5.28. The molecule has 0 saturated carbocycles. The van der Waals surface area contributed by atoms with Crippen molar-refractivity contribution in [1.29, 1.82) is 0 Å². The largest absolute Gasteiger partial charge is 0.356 e. The lowest BCUT2D eigenvalue weighted by atomic mass is 10.1. The molecule has 0 amide bonds. The van der Waals surface area contributed by atoms with Gasteiger partial charge in [-0.2, -0.15) is 0 Å². The van der Waals surface area contributed by atoms with Gasteiger partial charge in [-0.3, -0.25) is 9.89 Å². The Kier molecular flexibility index (Phi) is 8.52. The summed E-state index contributed by atoms with van der Waals surface area (Å²) in [5, 5.41) is 7.64. The maximum Gasteiger partial charge on any atom is 0.191 e. The first-order valence-electron chi connectivity index (χ1n) is 9.28. The first-order chi connectivity index (χ1) is 12.1. The van der Waals surface area contributed by atoms with Crippen LogP contribution in [0.5, 0.6) is 0 Å². The van der Waals surface area contributed by atoms with Gasteiger partial charge in [0.1, 0.15) is 0 Å². The van der Waals surface area contributed by atoms with E-state index in [9.17, 15) is 0 Å². The van der Waals surface area contributed by atoms with Crippen LogP contribution in [0.2, 0.25) is 5.02 Å². The molecule has 6 heteroatoms. The molecule has 1 aromatic carbocycles. The maximum absolute atomic E-state index is 6.20. The molecule has 1 saturated heterocycles. The van der Waals surface area contributed by atoms with Crippen molar-refractivity contribution in [2.24, 2.45) is 4.99 Å². The Bertz CT molecular complexity index is 540. The first kappa shape index (κ1) is 20.0. The summed E-state index contributed by atoms with van der Waals surface area (Å²) < 4.78 is 0. The van der Waals surface area contributed by atoms with Gasteiger partial charge in [0.05, 0.1) is 0 Å². The minimum atomic E-state index is 0.501. The van der Waals surface area contributed by atoms with Gasteiger partial charge in [0.2, 0.25) is 0 Å². The predicted octanol–water partition coefficient (Wildman–Crippen LogP) is 2.07. The Morgan fingerprint density at radius 1 is 1.20 bits per heavy atom. The molecule has 2 rings (SSSR count). The van der Waals surface area contributed by atoms with Crippen molar-refractivity contribution >= 4 is 17.6 Å². The second-order valence-corrected chi connectivity index (χ2v) is 6.95. The number of halogens is 1. The van der Waals surface area contributed by atoms with Gasteiger partial charge in [0, 0.05) is 57.4 Å². The summed E-state index contributed by atoms with van der Waals surface area (Å²) in [5.74, 6) is 0.853. The fraction of sp³-hybridized carbons (Fsp3) is 0.632. The van der Waals surface area contributed by atoms with Crippen LogP contribution in [0.1, 0.15) is 19.4 Å². The van der Waals surface area contributed by atoms with Crippen molar-refractivity contribution < 1.29 is 0 Å². The summed E-state index contributed by atoms with van der Waals surface area (Å²) in [7, 11) is 1.81. The van der Waals surface area contributed by atoms with Gasteiger partial charge >= 0.3 is 0 Å². The van der Waals surface area contributed by atoms with Crippen molar-refractivity contribution in [2.75, 3.05) is 52.9 Å². The van der Waals surface area contributed by atoms with Crippen molar-refractivity contribution in [3.8, 4) is 0 Å². The Balaban J connectivity index is 1.68. The maximum atomic E-state index is 6.20. The van der Waals surface area contributed by atoms with E-state index in [1.54, 1.807) is 0 Å². The highest BCUT2D eigenvalue weighted by molar-refractivity contribution is 6.31. The molecule has 5 nitrogen and oxygen atoms in total. The third kappa shape index (κ3) is 6.49. The summed E-state index contributed by atoms with van der Waals surface area (Å²) in [6, 6.07) is 8.49. The van der Waals surface area contributed by atoms with Crippen LogP contribution in [0.4, 0.5) is 0 Å². The SMILES string of the molecule is CCN1CCN(C(C)CNC(=NC)NCCc2ccccc2Cl)CC1. The molecule has 1 aliphatic heterocycles.